The Hall–Kier alpha value is -2.14. The maximum absolute atomic E-state index is 8.75. The van der Waals surface area contributed by atoms with Gasteiger partial charge in [0.05, 0.1) is 19.1 Å². The number of hydrogen-bond donors (Lipinski definition) is 1. The SMILES string of the molecule is CNc1nc(N(C)C)nc(N(CCC#N)CCOC)n1. The molecule has 1 aromatic rings. The first-order valence-corrected chi connectivity index (χ1v) is 6.34. The van der Waals surface area contributed by atoms with Crippen LogP contribution < -0.4 is 15.1 Å². The van der Waals surface area contributed by atoms with Crippen molar-refractivity contribution in [1.82, 2.24) is 15.0 Å². The number of methoxy groups -OCH3 is 1. The second kappa shape index (κ2) is 8.12. The lowest BCUT2D eigenvalue weighted by Gasteiger charge is -2.22. The molecule has 1 rings (SSSR count). The number of nitrogens with one attached hydrogen (secondary N) is 1. The summed E-state index contributed by atoms with van der Waals surface area (Å²) in [6, 6.07) is 2.13. The number of aromatic nitrogens is 3. The molecule has 1 N–H and O–H groups in total. The molecule has 20 heavy (non-hydrogen) atoms. The van der Waals surface area contributed by atoms with Gasteiger partial charge in [0.1, 0.15) is 0 Å². The zero-order valence-electron chi connectivity index (χ0n) is 12.4. The van der Waals surface area contributed by atoms with E-state index in [0.29, 0.717) is 44.0 Å². The average molecular weight is 279 g/mol. The molecule has 0 unspecified atom stereocenters. The van der Waals surface area contributed by atoms with E-state index in [1.807, 2.05) is 23.9 Å². The molecule has 0 aliphatic rings. The van der Waals surface area contributed by atoms with E-state index < -0.39 is 0 Å². The number of ether oxygens (including phenoxy) is 1. The molecule has 110 valence electrons. The summed E-state index contributed by atoms with van der Waals surface area (Å²) in [6.07, 6.45) is 0.404. The van der Waals surface area contributed by atoms with Crippen LogP contribution in [0.2, 0.25) is 0 Å². The van der Waals surface area contributed by atoms with Crippen molar-refractivity contribution in [2.45, 2.75) is 6.42 Å². The van der Waals surface area contributed by atoms with Crippen molar-refractivity contribution in [2.75, 3.05) is 63.1 Å². The molecular formula is C12H21N7O. The van der Waals surface area contributed by atoms with Gasteiger partial charge in [-0.15, -0.1) is 0 Å². The van der Waals surface area contributed by atoms with Crippen molar-refractivity contribution in [3.05, 3.63) is 0 Å². The van der Waals surface area contributed by atoms with E-state index in [0.717, 1.165) is 0 Å². The summed E-state index contributed by atoms with van der Waals surface area (Å²) >= 11 is 0. The van der Waals surface area contributed by atoms with E-state index in [-0.39, 0.29) is 0 Å². The zero-order valence-corrected chi connectivity index (χ0v) is 12.4. The van der Waals surface area contributed by atoms with Crippen molar-refractivity contribution in [2.24, 2.45) is 0 Å². The van der Waals surface area contributed by atoms with Gasteiger partial charge in [-0.1, -0.05) is 0 Å². The molecule has 0 aliphatic carbocycles. The number of nitriles is 1. The highest BCUT2D eigenvalue weighted by atomic mass is 16.5. The molecule has 0 bridgehead atoms. The largest absolute Gasteiger partial charge is 0.383 e. The first-order chi connectivity index (χ1) is 9.62. The van der Waals surface area contributed by atoms with Crippen molar-refractivity contribution in [3.63, 3.8) is 0 Å². The van der Waals surface area contributed by atoms with Gasteiger partial charge < -0.3 is 19.9 Å². The Balaban J connectivity index is 3.03. The summed E-state index contributed by atoms with van der Waals surface area (Å²) in [5, 5.41) is 11.7. The Morgan fingerprint density at radius 2 is 1.90 bits per heavy atom. The van der Waals surface area contributed by atoms with Crippen LogP contribution in [-0.4, -0.2) is 62.9 Å². The lowest BCUT2D eigenvalue weighted by atomic mass is 10.4. The molecule has 1 aromatic heterocycles. The molecule has 8 heteroatoms. The first-order valence-electron chi connectivity index (χ1n) is 6.34. The molecule has 0 amide bonds. The molecule has 0 aliphatic heterocycles. The summed E-state index contributed by atoms with van der Waals surface area (Å²) in [5.41, 5.74) is 0. The standard InChI is InChI=1S/C12H21N7O/c1-14-10-15-11(18(2)3)17-12(16-10)19(7-5-6-13)8-9-20-4/h5,7-9H2,1-4H3,(H,14,15,16,17). The molecule has 8 nitrogen and oxygen atoms in total. The Morgan fingerprint density at radius 3 is 2.45 bits per heavy atom. The van der Waals surface area contributed by atoms with E-state index in [4.69, 9.17) is 10.00 Å². The van der Waals surface area contributed by atoms with E-state index >= 15 is 0 Å². The van der Waals surface area contributed by atoms with Crippen LogP contribution in [0.25, 0.3) is 0 Å². The lowest BCUT2D eigenvalue weighted by molar-refractivity contribution is 0.205. The second-order valence-electron chi connectivity index (χ2n) is 4.29. The van der Waals surface area contributed by atoms with E-state index in [2.05, 4.69) is 26.3 Å². The van der Waals surface area contributed by atoms with E-state index in [1.54, 1.807) is 14.2 Å². The smallest absolute Gasteiger partial charge is 0.232 e. The Labute approximate surface area is 119 Å². The number of nitrogens with zero attached hydrogens (tertiary/aromatic N) is 6. The summed E-state index contributed by atoms with van der Waals surface area (Å²) in [5.74, 6) is 1.61. The predicted octanol–water partition coefficient (Wildman–Crippen LogP) is 0.346. The van der Waals surface area contributed by atoms with E-state index in [9.17, 15) is 0 Å². The summed E-state index contributed by atoms with van der Waals surface area (Å²) < 4.78 is 5.09. The van der Waals surface area contributed by atoms with Gasteiger partial charge in [-0.3, -0.25) is 0 Å². The third kappa shape index (κ3) is 4.51. The van der Waals surface area contributed by atoms with Crippen LogP contribution in [0.5, 0.6) is 0 Å². The van der Waals surface area contributed by atoms with Gasteiger partial charge in [-0.25, -0.2) is 0 Å². The van der Waals surface area contributed by atoms with Gasteiger partial charge in [-0.2, -0.15) is 20.2 Å². The zero-order chi connectivity index (χ0) is 15.0. The molecule has 0 radical (unpaired) electrons. The number of anilines is 3. The van der Waals surface area contributed by atoms with Gasteiger partial charge in [0, 0.05) is 41.3 Å². The highest BCUT2D eigenvalue weighted by Gasteiger charge is 2.14. The normalized spacial score (nSPS) is 9.95. The third-order valence-electron chi connectivity index (χ3n) is 2.58. The van der Waals surface area contributed by atoms with E-state index in [1.165, 1.54) is 0 Å². The summed E-state index contributed by atoms with van der Waals surface area (Å²) in [6.45, 7) is 1.72. The van der Waals surface area contributed by atoms with Crippen LogP contribution >= 0.6 is 0 Å². The second-order valence-corrected chi connectivity index (χ2v) is 4.29. The molecule has 0 spiro atoms. The fourth-order valence-electron chi connectivity index (χ4n) is 1.51. The fraction of sp³-hybridized carbons (Fsp3) is 0.667. The monoisotopic (exact) mass is 279 g/mol. The third-order valence-corrected chi connectivity index (χ3v) is 2.58. The molecule has 0 atom stereocenters. The summed E-state index contributed by atoms with van der Waals surface area (Å²) in [4.78, 5) is 16.7. The van der Waals surface area contributed by atoms with Crippen molar-refractivity contribution in [3.8, 4) is 6.07 Å². The van der Waals surface area contributed by atoms with Gasteiger partial charge in [0.25, 0.3) is 0 Å². The maximum atomic E-state index is 8.75. The molecule has 0 fully saturated rings. The highest BCUT2D eigenvalue weighted by molar-refractivity contribution is 5.44. The molecular weight excluding hydrogens is 258 g/mol. The van der Waals surface area contributed by atoms with Crippen LogP contribution in [0, 0.1) is 11.3 Å². The van der Waals surface area contributed by atoms with Gasteiger partial charge in [0.2, 0.25) is 17.8 Å². The molecule has 0 saturated heterocycles. The van der Waals surface area contributed by atoms with Crippen molar-refractivity contribution >= 4 is 17.8 Å². The maximum Gasteiger partial charge on any atom is 0.232 e. The van der Waals surface area contributed by atoms with Crippen molar-refractivity contribution < 1.29 is 4.74 Å². The first kappa shape index (κ1) is 15.9. The van der Waals surface area contributed by atoms with Gasteiger partial charge in [0.15, 0.2) is 0 Å². The Kier molecular flexibility index (Phi) is 6.46. The fourth-order valence-corrected chi connectivity index (χ4v) is 1.51. The van der Waals surface area contributed by atoms with Gasteiger partial charge >= 0.3 is 0 Å². The quantitative estimate of drug-likeness (QED) is 0.729. The topological polar surface area (TPSA) is 90.2 Å². The lowest BCUT2D eigenvalue weighted by Crippen LogP contribution is -2.31. The van der Waals surface area contributed by atoms with Crippen LogP contribution in [0.3, 0.4) is 0 Å². The van der Waals surface area contributed by atoms with Crippen molar-refractivity contribution in [1.29, 1.82) is 5.26 Å². The number of hydrogen-bond acceptors (Lipinski definition) is 8. The highest BCUT2D eigenvalue weighted by Crippen LogP contribution is 2.15. The predicted molar refractivity (Wildman–Crippen MR) is 78.0 cm³/mol. The van der Waals surface area contributed by atoms with Crippen LogP contribution in [-0.2, 0) is 4.74 Å². The molecule has 0 saturated carbocycles. The Morgan fingerprint density at radius 1 is 1.20 bits per heavy atom. The molecule has 0 aromatic carbocycles. The average Bonchev–Trinajstić information content (AvgIpc) is 2.46. The number of rotatable bonds is 8. The van der Waals surface area contributed by atoms with Crippen LogP contribution in [0.1, 0.15) is 6.42 Å². The van der Waals surface area contributed by atoms with Gasteiger partial charge in [-0.05, 0) is 0 Å². The minimum absolute atomic E-state index is 0.404. The molecule has 1 heterocycles. The van der Waals surface area contributed by atoms with Crippen LogP contribution in [0.15, 0.2) is 0 Å². The minimum Gasteiger partial charge on any atom is -0.383 e. The summed E-state index contributed by atoms with van der Waals surface area (Å²) in [7, 11) is 7.13. The minimum atomic E-state index is 0.404. The van der Waals surface area contributed by atoms with Crippen LogP contribution in [0.4, 0.5) is 17.8 Å². The Bertz CT molecular complexity index is 458.